The Morgan fingerprint density at radius 1 is 1.77 bits per heavy atom. The monoisotopic (exact) mass is 202 g/mol. The lowest BCUT2D eigenvalue weighted by Gasteiger charge is -2.11. The molecule has 0 aliphatic rings. The van der Waals surface area contributed by atoms with E-state index in [2.05, 4.69) is 10.5 Å². The van der Waals surface area contributed by atoms with Gasteiger partial charge in [-0.15, -0.1) is 11.6 Å². The van der Waals surface area contributed by atoms with E-state index >= 15 is 0 Å². The lowest BCUT2D eigenvalue weighted by Crippen LogP contribution is -2.28. The van der Waals surface area contributed by atoms with Crippen molar-refractivity contribution < 1.29 is 0 Å². The van der Waals surface area contributed by atoms with Crippen LogP contribution in [-0.4, -0.2) is 15.7 Å². The summed E-state index contributed by atoms with van der Waals surface area (Å²) in [7, 11) is 1.89. The maximum absolute atomic E-state index is 5.60. The van der Waals surface area contributed by atoms with E-state index in [-0.39, 0.29) is 6.04 Å². The molecular weight excluding hydrogens is 188 g/mol. The van der Waals surface area contributed by atoms with Gasteiger partial charge in [-0.1, -0.05) is 0 Å². The molecule has 1 unspecified atom stereocenters. The normalized spacial score (nSPS) is 13.2. The number of aromatic nitrogens is 2. The topological polar surface area (TPSA) is 55.9 Å². The Kier molecular flexibility index (Phi) is 4.21. The molecule has 0 saturated heterocycles. The predicted molar refractivity (Wildman–Crippen MR) is 53.2 cm³/mol. The Morgan fingerprint density at radius 2 is 2.54 bits per heavy atom. The molecular formula is C8H15ClN4. The summed E-state index contributed by atoms with van der Waals surface area (Å²) in [6, 6.07) is 2.07. The molecule has 0 aliphatic heterocycles. The highest BCUT2D eigenvalue weighted by Crippen LogP contribution is 2.15. The van der Waals surface area contributed by atoms with Crippen molar-refractivity contribution in [3.63, 3.8) is 0 Å². The summed E-state index contributed by atoms with van der Waals surface area (Å²) in [4.78, 5) is 0. The molecule has 1 aromatic rings. The van der Waals surface area contributed by atoms with Gasteiger partial charge in [-0.25, -0.2) is 0 Å². The highest BCUT2D eigenvalue weighted by Gasteiger charge is 2.11. The quantitative estimate of drug-likeness (QED) is 0.425. The molecule has 0 aliphatic carbocycles. The molecule has 1 atom stereocenters. The third-order valence-corrected chi connectivity index (χ3v) is 2.19. The van der Waals surface area contributed by atoms with Crippen molar-refractivity contribution in [1.82, 2.24) is 15.2 Å². The first-order chi connectivity index (χ1) is 6.27. The van der Waals surface area contributed by atoms with Crippen LogP contribution in [0.3, 0.4) is 0 Å². The molecule has 0 amide bonds. The van der Waals surface area contributed by atoms with Crippen molar-refractivity contribution in [1.29, 1.82) is 0 Å². The molecule has 74 valence electrons. The van der Waals surface area contributed by atoms with E-state index in [1.807, 2.05) is 19.3 Å². The number of hydrogen-bond acceptors (Lipinski definition) is 3. The smallest absolute Gasteiger partial charge is 0.0807 e. The van der Waals surface area contributed by atoms with Crippen molar-refractivity contribution >= 4 is 11.6 Å². The van der Waals surface area contributed by atoms with Gasteiger partial charge in [0.1, 0.15) is 0 Å². The van der Waals surface area contributed by atoms with Gasteiger partial charge >= 0.3 is 0 Å². The van der Waals surface area contributed by atoms with E-state index in [1.54, 1.807) is 4.68 Å². The van der Waals surface area contributed by atoms with Crippen molar-refractivity contribution in [2.75, 3.05) is 5.88 Å². The van der Waals surface area contributed by atoms with Gasteiger partial charge in [0.05, 0.1) is 11.7 Å². The zero-order valence-corrected chi connectivity index (χ0v) is 8.46. The first-order valence-electron chi connectivity index (χ1n) is 4.29. The number of hydrogen-bond donors (Lipinski definition) is 2. The van der Waals surface area contributed by atoms with Gasteiger partial charge in [-0.2, -0.15) is 5.10 Å². The van der Waals surface area contributed by atoms with Crippen LogP contribution >= 0.6 is 11.6 Å². The average Bonchev–Trinajstić information content (AvgIpc) is 2.54. The molecule has 3 N–H and O–H groups in total. The Morgan fingerprint density at radius 3 is 3.00 bits per heavy atom. The van der Waals surface area contributed by atoms with Gasteiger partial charge in [0.2, 0.25) is 0 Å². The van der Waals surface area contributed by atoms with Crippen LogP contribution in [0.1, 0.15) is 24.6 Å². The first kappa shape index (κ1) is 10.5. The number of aryl methyl sites for hydroxylation is 1. The van der Waals surface area contributed by atoms with Crippen LogP contribution in [0.4, 0.5) is 0 Å². The van der Waals surface area contributed by atoms with E-state index in [9.17, 15) is 0 Å². The standard InChI is InChI=1S/C8H15ClN4/c1-13-6-4-8(12-13)7(11-10)3-2-5-9/h4,6-7,11H,2-3,5,10H2,1H3. The van der Waals surface area contributed by atoms with Gasteiger partial charge in [-0.05, 0) is 18.9 Å². The molecule has 0 aromatic carbocycles. The minimum atomic E-state index is 0.111. The van der Waals surface area contributed by atoms with Gasteiger partial charge in [0.15, 0.2) is 0 Å². The summed E-state index contributed by atoms with van der Waals surface area (Å²) in [6.45, 7) is 0. The van der Waals surface area contributed by atoms with Crippen LogP contribution < -0.4 is 11.3 Å². The Balaban J connectivity index is 2.56. The Bertz CT molecular complexity index is 248. The first-order valence-corrected chi connectivity index (χ1v) is 4.83. The second kappa shape index (κ2) is 5.21. The molecule has 1 aromatic heterocycles. The molecule has 0 spiro atoms. The summed E-state index contributed by atoms with van der Waals surface area (Å²) >= 11 is 5.60. The minimum Gasteiger partial charge on any atom is -0.275 e. The number of nitrogens with two attached hydrogens (primary N) is 1. The molecule has 0 fully saturated rings. The summed E-state index contributed by atoms with van der Waals surface area (Å²) in [5.74, 6) is 6.07. The number of hydrazine groups is 1. The lowest BCUT2D eigenvalue weighted by molar-refractivity contribution is 0.493. The Hall–Kier alpha value is -0.580. The molecule has 1 heterocycles. The average molecular weight is 203 g/mol. The van der Waals surface area contributed by atoms with Crippen LogP contribution in [0, 0.1) is 0 Å². The van der Waals surface area contributed by atoms with Crippen LogP contribution in [0.5, 0.6) is 0 Å². The number of halogens is 1. The highest BCUT2D eigenvalue weighted by atomic mass is 35.5. The van der Waals surface area contributed by atoms with Crippen molar-refractivity contribution in [2.24, 2.45) is 12.9 Å². The van der Waals surface area contributed by atoms with E-state index in [0.717, 1.165) is 18.5 Å². The molecule has 5 heteroatoms. The van der Waals surface area contributed by atoms with Crippen molar-refractivity contribution in [3.8, 4) is 0 Å². The summed E-state index contributed by atoms with van der Waals surface area (Å²) in [5, 5.41) is 4.27. The van der Waals surface area contributed by atoms with Crippen molar-refractivity contribution in [2.45, 2.75) is 18.9 Å². The molecule has 0 bridgehead atoms. The SMILES string of the molecule is Cn1ccc(C(CCCCl)NN)n1. The van der Waals surface area contributed by atoms with Crippen LogP contribution in [0.15, 0.2) is 12.3 Å². The summed E-state index contributed by atoms with van der Waals surface area (Å²) in [5.41, 5.74) is 3.70. The van der Waals surface area contributed by atoms with E-state index in [1.165, 1.54) is 0 Å². The van der Waals surface area contributed by atoms with E-state index in [4.69, 9.17) is 17.4 Å². The summed E-state index contributed by atoms with van der Waals surface area (Å²) in [6.07, 6.45) is 3.75. The second-order valence-electron chi connectivity index (χ2n) is 2.96. The molecule has 4 nitrogen and oxygen atoms in total. The van der Waals surface area contributed by atoms with Gasteiger partial charge in [0.25, 0.3) is 0 Å². The van der Waals surface area contributed by atoms with Gasteiger partial charge in [0, 0.05) is 19.1 Å². The maximum Gasteiger partial charge on any atom is 0.0807 e. The van der Waals surface area contributed by atoms with Crippen LogP contribution in [0.25, 0.3) is 0 Å². The largest absolute Gasteiger partial charge is 0.275 e. The fraction of sp³-hybridized carbons (Fsp3) is 0.625. The minimum absolute atomic E-state index is 0.111. The fourth-order valence-electron chi connectivity index (χ4n) is 1.22. The predicted octanol–water partition coefficient (Wildman–Crippen LogP) is 0.943. The third kappa shape index (κ3) is 2.99. The molecule has 13 heavy (non-hydrogen) atoms. The molecule has 0 saturated carbocycles. The van der Waals surface area contributed by atoms with Crippen LogP contribution in [-0.2, 0) is 7.05 Å². The number of alkyl halides is 1. The Labute approximate surface area is 83.0 Å². The fourth-order valence-corrected chi connectivity index (χ4v) is 1.37. The van der Waals surface area contributed by atoms with E-state index < -0.39 is 0 Å². The number of rotatable bonds is 5. The highest BCUT2D eigenvalue weighted by molar-refractivity contribution is 6.17. The summed E-state index contributed by atoms with van der Waals surface area (Å²) < 4.78 is 1.76. The maximum atomic E-state index is 5.60. The van der Waals surface area contributed by atoms with Crippen LogP contribution in [0.2, 0.25) is 0 Å². The number of nitrogens with one attached hydrogen (secondary N) is 1. The molecule has 1 rings (SSSR count). The second-order valence-corrected chi connectivity index (χ2v) is 3.34. The molecule has 0 radical (unpaired) electrons. The van der Waals surface area contributed by atoms with Gasteiger partial charge in [-0.3, -0.25) is 16.0 Å². The lowest BCUT2D eigenvalue weighted by atomic mass is 10.1. The third-order valence-electron chi connectivity index (χ3n) is 1.92. The zero-order valence-electron chi connectivity index (χ0n) is 7.70. The van der Waals surface area contributed by atoms with E-state index in [0.29, 0.717) is 5.88 Å². The number of nitrogens with zero attached hydrogens (tertiary/aromatic N) is 2. The van der Waals surface area contributed by atoms with Crippen molar-refractivity contribution in [3.05, 3.63) is 18.0 Å². The zero-order chi connectivity index (χ0) is 9.68. The van der Waals surface area contributed by atoms with Gasteiger partial charge < -0.3 is 0 Å².